The van der Waals surface area contributed by atoms with Crippen molar-refractivity contribution in [3.05, 3.63) is 111 Å². The summed E-state index contributed by atoms with van der Waals surface area (Å²) in [6, 6.07) is 23.8. The van der Waals surface area contributed by atoms with Crippen molar-refractivity contribution in [3.63, 3.8) is 0 Å². The van der Waals surface area contributed by atoms with Gasteiger partial charge in [-0.05, 0) is 36.8 Å². The van der Waals surface area contributed by atoms with E-state index in [-0.39, 0.29) is 5.69 Å². The fraction of sp³-hybridized carbons (Fsp3) is 0.0385. The average Bonchev–Trinajstić information content (AvgIpc) is 3.38. The number of fused-ring (bicyclic) bond motifs is 4. The van der Waals surface area contributed by atoms with E-state index < -0.39 is 4.92 Å². The predicted octanol–water partition coefficient (Wildman–Crippen LogP) is 4.88. The molecule has 0 N–H and O–H groups in total. The van der Waals surface area contributed by atoms with Gasteiger partial charge < -0.3 is 0 Å². The van der Waals surface area contributed by atoms with E-state index in [2.05, 4.69) is 15.3 Å². The van der Waals surface area contributed by atoms with Crippen LogP contribution in [-0.2, 0) is 0 Å². The number of rotatable bonds is 4. The van der Waals surface area contributed by atoms with E-state index in [1.165, 1.54) is 12.1 Å². The van der Waals surface area contributed by atoms with Crippen LogP contribution in [0.1, 0.15) is 22.5 Å². The third kappa shape index (κ3) is 3.46. The Labute approximate surface area is 199 Å². The molecule has 9 heteroatoms. The number of nitrogens with zero attached hydrogens (tertiary/aromatic N) is 7. The third-order valence-corrected chi connectivity index (χ3v) is 5.80. The van der Waals surface area contributed by atoms with Gasteiger partial charge in [-0.25, -0.2) is 14.6 Å². The Balaban J connectivity index is 1.47. The van der Waals surface area contributed by atoms with Gasteiger partial charge in [0.25, 0.3) is 5.69 Å². The number of hydrogen-bond donors (Lipinski definition) is 0. The number of hydrogen-bond acceptors (Lipinski definition) is 7. The number of nitro groups is 1. The molecule has 0 atom stereocenters. The Morgan fingerprint density at radius 1 is 0.886 bits per heavy atom. The SMILES string of the molecule is Cc1nn(-c2ccccc2)c2nc3c(nc12)/C(=N\N=C\c1ccc([N+](=O)[O-])cc1)c1ccccc1-3. The molecule has 0 aliphatic heterocycles. The largest absolute Gasteiger partial charge is 0.269 e. The van der Waals surface area contributed by atoms with E-state index >= 15 is 0 Å². The molecule has 3 aromatic carbocycles. The Bertz CT molecular complexity index is 1670. The van der Waals surface area contributed by atoms with Gasteiger partial charge in [0.05, 0.1) is 22.5 Å². The predicted molar refractivity (Wildman–Crippen MR) is 133 cm³/mol. The van der Waals surface area contributed by atoms with Crippen LogP contribution in [0.15, 0.2) is 89.1 Å². The Morgan fingerprint density at radius 2 is 1.60 bits per heavy atom. The summed E-state index contributed by atoms with van der Waals surface area (Å²) in [5.74, 6) is 0. The minimum absolute atomic E-state index is 0.0258. The lowest BCUT2D eigenvalue weighted by atomic mass is 10.1. The first-order chi connectivity index (χ1) is 17.1. The summed E-state index contributed by atoms with van der Waals surface area (Å²) in [6.07, 6.45) is 1.56. The molecule has 0 radical (unpaired) electrons. The molecular formula is C26H17N7O2. The Morgan fingerprint density at radius 3 is 2.34 bits per heavy atom. The van der Waals surface area contributed by atoms with Gasteiger partial charge in [-0.2, -0.15) is 10.2 Å². The van der Waals surface area contributed by atoms with Crippen molar-refractivity contribution in [2.24, 2.45) is 10.2 Å². The molecule has 0 saturated carbocycles. The first-order valence-electron chi connectivity index (χ1n) is 10.9. The molecule has 2 aromatic heterocycles. The Hall–Kier alpha value is -5.05. The van der Waals surface area contributed by atoms with Crippen molar-refractivity contribution in [3.8, 4) is 16.9 Å². The number of non-ortho nitro benzene ring substituents is 1. The van der Waals surface area contributed by atoms with Crippen molar-refractivity contribution < 1.29 is 4.92 Å². The van der Waals surface area contributed by atoms with E-state index in [4.69, 9.17) is 9.97 Å². The first-order valence-corrected chi connectivity index (χ1v) is 10.9. The number of nitro benzene ring substituents is 1. The van der Waals surface area contributed by atoms with Crippen LogP contribution in [0.5, 0.6) is 0 Å². The smallest absolute Gasteiger partial charge is 0.258 e. The van der Waals surface area contributed by atoms with Gasteiger partial charge >= 0.3 is 0 Å². The van der Waals surface area contributed by atoms with Crippen LogP contribution in [0, 0.1) is 17.0 Å². The van der Waals surface area contributed by atoms with Crippen molar-refractivity contribution in [2.75, 3.05) is 0 Å². The molecule has 1 aliphatic carbocycles. The maximum Gasteiger partial charge on any atom is 0.269 e. The monoisotopic (exact) mass is 459 g/mol. The molecule has 5 aromatic rings. The summed E-state index contributed by atoms with van der Waals surface area (Å²) in [7, 11) is 0. The van der Waals surface area contributed by atoms with Gasteiger partial charge in [0.15, 0.2) is 5.65 Å². The molecule has 0 spiro atoms. The van der Waals surface area contributed by atoms with Crippen LogP contribution >= 0.6 is 0 Å². The summed E-state index contributed by atoms with van der Waals surface area (Å²) in [6.45, 7) is 1.91. The topological polar surface area (TPSA) is 111 Å². The molecule has 2 heterocycles. The highest BCUT2D eigenvalue weighted by Gasteiger charge is 2.30. The summed E-state index contributed by atoms with van der Waals surface area (Å²) in [4.78, 5) is 20.3. The molecule has 0 amide bonds. The quantitative estimate of drug-likeness (QED) is 0.212. The second-order valence-electron chi connectivity index (χ2n) is 8.01. The number of aromatic nitrogens is 4. The van der Waals surface area contributed by atoms with E-state index in [0.717, 1.165) is 28.2 Å². The van der Waals surface area contributed by atoms with Gasteiger partial charge in [0.1, 0.15) is 22.6 Å². The molecule has 6 rings (SSSR count). The molecule has 0 fully saturated rings. The van der Waals surface area contributed by atoms with Crippen LogP contribution < -0.4 is 0 Å². The van der Waals surface area contributed by atoms with Gasteiger partial charge in [0.2, 0.25) is 0 Å². The van der Waals surface area contributed by atoms with Gasteiger partial charge in [0, 0.05) is 23.3 Å². The van der Waals surface area contributed by atoms with Crippen LogP contribution in [-0.4, -0.2) is 36.6 Å². The van der Waals surface area contributed by atoms with Gasteiger partial charge in [-0.3, -0.25) is 10.1 Å². The highest BCUT2D eigenvalue weighted by atomic mass is 16.6. The molecule has 0 unspecified atom stereocenters. The van der Waals surface area contributed by atoms with Crippen LogP contribution in [0.2, 0.25) is 0 Å². The Kier molecular flexibility index (Phi) is 4.74. The van der Waals surface area contributed by atoms with Gasteiger partial charge in [-0.1, -0.05) is 42.5 Å². The maximum absolute atomic E-state index is 10.9. The highest BCUT2D eigenvalue weighted by Crippen LogP contribution is 2.36. The first kappa shape index (κ1) is 20.5. The zero-order valence-electron chi connectivity index (χ0n) is 18.5. The van der Waals surface area contributed by atoms with Gasteiger partial charge in [-0.15, -0.1) is 5.10 Å². The van der Waals surface area contributed by atoms with E-state index in [1.807, 2.05) is 66.2 Å². The molecule has 9 nitrogen and oxygen atoms in total. The second-order valence-corrected chi connectivity index (χ2v) is 8.01. The number of aryl methyl sites for hydroxylation is 1. The lowest BCUT2D eigenvalue weighted by Crippen LogP contribution is -2.03. The van der Waals surface area contributed by atoms with Crippen molar-refractivity contribution >= 4 is 28.8 Å². The lowest BCUT2D eigenvalue weighted by Gasteiger charge is -2.04. The standard InChI is InChI=1S/C26H17N7O2/c1-16-22-26(32(31-16)18-7-3-2-4-8-18)29-23-20-9-5-6-10-21(20)24(25(23)28-22)30-27-15-17-11-13-19(14-12-17)33(34)35/h2-15H,1H3/b27-15+,30-24-. The molecule has 168 valence electrons. The van der Waals surface area contributed by atoms with E-state index in [1.54, 1.807) is 18.3 Å². The normalized spacial score (nSPS) is 13.5. The number of para-hydroxylation sites is 1. The summed E-state index contributed by atoms with van der Waals surface area (Å²) < 4.78 is 1.81. The zero-order chi connectivity index (χ0) is 23.9. The minimum atomic E-state index is -0.436. The van der Waals surface area contributed by atoms with Crippen LogP contribution in [0.3, 0.4) is 0 Å². The molecule has 35 heavy (non-hydrogen) atoms. The molecular weight excluding hydrogens is 442 g/mol. The van der Waals surface area contributed by atoms with Crippen LogP contribution in [0.25, 0.3) is 28.1 Å². The molecule has 0 bridgehead atoms. The lowest BCUT2D eigenvalue weighted by molar-refractivity contribution is -0.384. The molecule has 0 saturated heterocycles. The fourth-order valence-electron chi connectivity index (χ4n) is 4.12. The van der Waals surface area contributed by atoms with E-state index in [0.29, 0.717) is 28.1 Å². The summed E-state index contributed by atoms with van der Waals surface area (Å²) in [5.41, 5.74) is 7.61. The zero-order valence-corrected chi connectivity index (χ0v) is 18.5. The van der Waals surface area contributed by atoms with E-state index in [9.17, 15) is 10.1 Å². The fourth-order valence-corrected chi connectivity index (χ4v) is 4.12. The summed E-state index contributed by atoms with van der Waals surface area (Å²) in [5, 5.41) is 24.3. The third-order valence-electron chi connectivity index (χ3n) is 5.80. The van der Waals surface area contributed by atoms with Crippen molar-refractivity contribution in [1.29, 1.82) is 0 Å². The summed E-state index contributed by atoms with van der Waals surface area (Å²) >= 11 is 0. The van der Waals surface area contributed by atoms with Crippen molar-refractivity contribution in [2.45, 2.75) is 6.92 Å². The second kappa shape index (κ2) is 8.07. The van der Waals surface area contributed by atoms with Crippen LogP contribution in [0.4, 0.5) is 5.69 Å². The number of benzene rings is 3. The maximum atomic E-state index is 10.9. The average molecular weight is 459 g/mol. The van der Waals surface area contributed by atoms with Crippen molar-refractivity contribution in [1.82, 2.24) is 19.7 Å². The minimum Gasteiger partial charge on any atom is -0.258 e. The highest BCUT2D eigenvalue weighted by molar-refractivity contribution is 6.23. The molecule has 1 aliphatic rings.